The zero-order chi connectivity index (χ0) is 13.5. The molecule has 0 radical (unpaired) electrons. The molecule has 118 valence electrons. The summed E-state index contributed by atoms with van der Waals surface area (Å²) in [6, 6.07) is 0.466. The molecule has 0 fully saturated rings. The van der Waals surface area contributed by atoms with E-state index in [-0.39, 0.29) is 12.4 Å². The molecule has 1 nitrogen and oxygen atoms in total. The van der Waals surface area contributed by atoms with Gasteiger partial charge in [-0.3, -0.25) is 0 Å². The van der Waals surface area contributed by atoms with E-state index in [9.17, 15) is 0 Å². The quantitative estimate of drug-likeness (QED) is 0.377. The molecular weight excluding hydrogens is 254 g/mol. The first-order chi connectivity index (χ1) is 8.81. The van der Waals surface area contributed by atoms with E-state index >= 15 is 0 Å². The number of halogens is 1. The fourth-order valence-corrected chi connectivity index (χ4v) is 2.59. The molecule has 0 aliphatic carbocycles. The molecule has 2 heteroatoms. The Morgan fingerprint density at radius 3 is 1.42 bits per heavy atom. The van der Waals surface area contributed by atoms with Crippen molar-refractivity contribution in [3.8, 4) is 0 Å². The molecule has 0 heterocycles. The third-order valence-electron chi connectivity index (χ3n) is 3.84. The van der Waals surface area contributed by atoms with Crippen LogP contribution in [0, 0.1) is 0 Å². The lowest BCUT2D eigenvalue weighted by Gasteiger charge is -2.09. The number of unbranched alkanes of at least 4 members (excludes halogenated alkanes) is 10. The van der Waals surface area contributed by atoms with Crippen molar-refractivity contribution in [1.82, 2.24) is 0 Å². The molecular formula is C17H38ClN. The molecule has 0 saturated carbocycles. The van der Waals surface area contributed by atoms with Crippen LogP contribution in [-0.4, -0.2) is 6.04 Å². The minimum absolute atomic E-state index is 0. The van der Waals surface area contributed by atoms with Crippen LogP contribution in [0.1, 0.15) is 104 Å². The minimum Gasteiger partial charge on any atom is -0.328 e. The molecule has 1 atom stereocenters. The fraction of sp³-hybridized carbons (Fsp3) is 1.00. The van der Waals surface area contributed by atoms with E-state index in [0.717, 1.165) is 0 Å². The van der Waals surface area contributed by atoms with E-state index in [4.69, 9.17) is 5.73 Å². The van der Waals surface area contributed by atoms with Crippen LogP contribution in [0.4, 0.5) is 0 Å². The van der Waals surface area contributed by atoms with E-state index in [1.165, 1.54) is 89.9 Å². The van der Waals surface area contributed by atoms with Crippen molar-refractivity contribution in [2.75, 3.05) is 0 Å². The van der Waals surface area contributed by atoms with Crippen LogP contribution in [0.3, 0.4) is 0 Å². The van der Waals surface area contributed by atoms with Crippen LogP contribution >= 0.6 is 12.4 Å². The minimum atomic E-state index is 0. The predicted molar refractivity (Wildman–Crippen MR) is 91.2 cm³/mol. The van der Waals surface area contributed by atoms with Gasteiger partial charge in [0.15, 0.2) is 0 Å². The number of rotatable bonds is 14. The van der Waals surface area contributed by atoms with Gasteiger partial charge in [-0.2, -0.15) is 0 Å². The third-order valence-corrected chi connectivity index (χ3v) is 3.84. The molecule has 0 aromatic heterocycles. The third kappa shape index (κ3) is 18.2. The maximum atomic E-state index is 6.00. The molecule has 0 bridgehead atoms. The topological polar surface area (TPSA) is 26.0 Å². The zero-order valence-electron chi connectivity index (χ0n) is 13.5. The first kappa shape index (κ1) is 21.5. The zero-order valence-corrected chi connectivity index (χ0v) is 14.3. The van der Waals surface area contributed by atoms with Crippen molar-refractivity contribution in [2.45, 2.75) is 110 Å². The highest BCUT2D eigenvalue weighted by Crippen LogP contribution is 2.12. The van der Waals surface area contributed by atoms with Gasteiger partial charge in [0.25, 0.3) is 0 Å². The molecule has 0 aliphatic rings. The Labute approximate surface area is 128 Å². The molecule has 0 saturated heterocycles. The molecule has 0 aliphatic heterocycles. The van der Waals surface area contributed by atoms with Crippen molar-refractivity contribution in [3.05, 3.63) is 0 Å². The van der Waals surface area contributed by atoms with E-state index in [0.29, 0.717) is 6.04 Å². The summed E-state index contributed by atoms with van der Waals surface area (Å²) in [5, 5.41) is 0. The summed E-state index contributed by atoms with van der Waals surface area (Å²) >= 11 is 0. The lowest BCUT2D eigenvalue weighted by atomic mass is 10.0. The highest BCUT2D eigenvalue weighted by molar-refractivity contribution is 5.85. The molecule has 1 unspecified atom stereocenters. The van der Waals surface area contributed by atoms with E-state index in [1.54, 1.807) is 0 Å². The molecule has 2 N–H and O–H groups in total. The normalized spacial score (nSPS) is 12.2. The Morgan fingerprint density at radius 1 is 0.579 bits per heavy atom. The van der Waals surface area contributed by atoms with Crippen LogP contribution in [0.25, 0.3) is 0 Å². The predicted octanol–water partition coefficient (Wildman–Crippen LogP) is 6.24. The average Bonchev–Trinajstić information content (AvgIpc) is 2.36. The second kappa shape index (κ2) is 18.2. The monoisotopic (exact) mass is 291 g/mol. The van der Waals surface area contributed by atoms with Gasteiger partial charge >= 0.3 is 0 Å². The van der Waals surface area contributed by atoms with Gasteiger partial charge in [-0.25, -0.2) is 0 Å². The van der Waals surface area contributed by atoms with Crippen molar-refractivity contribution in [3.63, 3.8) is 0 Å². The summed E-state index contributed by atoms with van der Waals surface area (Å²) in [5.74, 6) is 0. The standard InChI is InChI=1S/C17H37N.ClH/c1-3-5-6-7-8-9-10-11-12-13-14-16-17(18)15-4-2;/h17H,3-16,18H2,1-2H3;1H. The van der Waals surface area contributed by atoms with Crippen molar-refractivity contribution >= 4 is 12.4 Å². The maximum absolute atomic E-state index is 6.00. The van der Waals surface area contributed by atoms with E-state index in [1.807, 2.05) is 0 Å². The largest absolute Gasteiger partial charge is 0.328 e. The van der Waals surface area contributed by atoms with Gasteiger partial charge in [-0.1, -0.05) is 90.9 Å². The molecule has 0 spiro atoms. The second-order valence-corrected chi connectivity index (χ2v) is 5.87. The smallest absolute Gasteiger partial charge is 0.00387 e. The van der Waals surface area contributed by atoms with Gasteiger partial charge in [-0.15, -0.1) is 12.4 Å². The Balaban J connectivity index is 0. The van der Waals surface area contributed by atoms with Crippen molar-refractivity contribution in [2.24, 2.45) is 5.73 Å². The van der Waals surface area contributed by atoms with E-state index < -0.39 is 0 Å². The molecule has 19 heavy (non-hydrogen) atoms. The Hall–Kier alpha value is 0.250. The highest BCUT2D eigenvalue weighted by atomic mass is 35.5. The van der Waals surface area contributed by atoms with Crippen LogP contribution < -0.4 is 5.73 Å². The maximum Gasteiger partial charge on any atom is 0.00387 e. The molecule has 0 rings (SSSR count). The summed E-state index contributed by atoms with van der Waals surface area (Å²) in [4.78, 5) is 0. The first-order valence-electron chi connectivity index (χ1n) is 8.56. The van der Waals surface area contributed by atoms with Gasteiger partial charge in [-0.05, 0) is 12.8 Å². The van der Waals surface area contributed by atoms with Crippen LogP contribution in [0.15, 0.2) is 0 Å². The molecule has 0 aromatic carbocycles. The van der Waals surface area contributed by atoms with Crippen LogP contribution in [-0.2, 0) is 0 Å². The number of hydrogen-bond donors (Lipinski definition) is 1. The Bertz CT molecular complexity index is 150. The van der Waals surface area contributed by atoms with Crippen molar-refractivity contribution < 1.29 is 0 Å². The van der Waals surface area contributed by atoms with Gasteiger partial charge in [0, 0.05) is 6.04 Å². The average molecular weight is 292 g/mol. The first-order valence-corrected chi connectivity index (χ1v) is 8.56. The molecule has 0 amide bonds. The van der Waals surface area contributed by atoms with Crippen molar-refractivity contribution in [1.29, 1.82) is 0 Å². The lowest BCUT2D eigenvalue weighted by Crippen LogP contribution is -2.18. The Kier molecular flexibility index (Phi) is 20.7. The second-order valence-electron chi connectivity index (χ2n) is 5.87. The summed E-state index contributed by atoms with van der Waals surface area (Å²) in [7, 11) is 0. The summed E-state index contributed by atoms with van der Waals surface area (Å²) in [6.07, 6.45) is 19.4. The van der Waals surface area contributed by atoms with Gasteiger partial charge in [0.2, 0.25) is 0 Å². The SMILES string of the molecule is CCCCCCCCCCCCCC(N)CCC.Cl. The fourth-order valence-electron chi connectivity index (χ4n) is 2.59. The summed E-state index contributed by atoms with van der Waals surface area (Å²) in [5.41, 5.74) is 6.00. The molecule has 0 aromatic rings. The number of nitrogens with two attached hydrogens (primary N) is 1. The summed E-state index contributed by atoms with van der Waals surface area (Å²) in [6.45, 7) is 4.51. The van der Waals surface area contributed by atoms with Gasteiger partial charge < -0.3 is 5.73 Å². The van der Waals surface area contributed by atoms with Gasteiger partial charge in [0.05, 0.1) is 0 Å². The van der Waals surface area contributed by atoms with Gasteiger partial charge in [0.1, 0.15) is 0 Å². The Morgan fingerprint density at radius 2 is 1.00 bits per heavy atom. The summed E-state index contributed by atoms with van der Waals surface area (Å²) < 4.78 is 0. The lowest BCUT2D eigenvalue weighted by molar-refractivity contribution is 0.501. The number of hydrogen-bond acceptors (Lipinski definition) is 1. The van der Waals surface area contributed by atoms with Crippen LogP contribution in [0.5, 0.6) is 0 Å². The highest BCUT2D eigenvalue weighted by Gasteiger charge is 2.00. The van der Waals surface area contributed by atoms with Crippen LogP contribution in [0.2, 0.25) is 0 Å². The van der Waals surface area contributed by atoms with E-state index in [2.05, 4.69) is 13.8 Å².